The number of hydrogen-bond acceptors (Lipinski definition) is 2. The quantitative estimate of drug-likeness (QED) is 0.945. The van der Waals surface area contributed by atoms with E-state index in [1.807, 2.05) is 31.2 Å². The molecule has 1 atom stereocenters. The summed E-state index contributed by atoms with van der Waals surface area (Å²) in [4.78, 5) is 16.1. The predicted octanol–water partition coefficient (Wildman–Crippen LogP) is 3.34. The molecule has 2 aromatic rings. The Morgan fingerprint density at radius 1 is 1.33 bits per heavy atom. The molecule has 0 bridgehead atoms. The lowest BCUT2D eigenvalue weighted by molar-refractivity contribution is 0.0940. The van der Waals surface area contributed by atoms with Crippen LogP contribution < -0.4 is 5.32 Å². The number of benzene rings is 1. The van der Waals surface area contributed by atoms with Crippen LogP contribution in [-0.4, -0.2) is 10.9 Å². The monoisotopic (exact) mass is 304 g/mol. The highest BCUT2D eigenvalue weighted by Crippen LogP contribution is 2.14. The molecule has 0 saturated heterocycles. The first kappa shape index (κ1) is 12.8. The number of rotatable bonds is 3. The second-order valence-corrected chi connectivity index (χ2v) is 4.91. The van der Waals surface area contributed by atoms with E-state index in [0.717, 1.165) is 10.0 Å². The van der Waals surface area contributed by atoms with Gasteiger partial charge in [-0.25, -0.2) is 0 Å². The zero-order valence-corrected chi connectivity index (χ0v) is 11.5. The van der Waals surface area contributed by atoms with Gasteiger partial charge in [-0.1, -0.05) is 28.1 Å². The van der Waals surface area contributed by atoms with Crippen molar-refractivity contribution in [1.29, 1.82) is 0 Å². The Bertz CT molecular complexity index is 543. The standard InChI is InChI=1S/C14H13BrN2O/c1-10(12-5-3-7-16-9-12)17-14(18)11-4-2-6-13(15)8-11/h2-10H,1H3,(H,17,18). The molecule has 18 heavy (non-hydrogen) atoms. The molecule has 0 radical (unpaired) electrons. The van der Waals surface area contributed by atoms with Crippen LogP contribution in [0.2, 0.25) is 0 Å². The van der Waals surface area contributed by atoms with E-state index in [1.54, 1.807) is 24.5 Å². The molecule has 1 unspecified atom stereocenters. The van der Waals surface area contributed by atoms with Gasteiger partial charge >= 0.3 is 0 Å². The van der Waals surface area contributed by atoms with Crippen molar-refractivity contribution < 1.29 is 4.79 Å². The second kappa shape index (κ2) is 5.78. The minimum absolute atomic E-state index is 0.0646. The van der Waals surface area contributed by atoms with E-state index in [2.05, 4.69) is 26.2 Å². The van der Waals surface area contributed by atoms with Crippen LogP contribution in [-0.2, 0) is 0 Å². The Hall–Kier alpha value is -1.68. The van der Waals surface area contributed by atoms with Gasteiger partial charge in [0, 0.05) is 22.4 Å². The maximum Gasteiger partial charge on any atom is 0.251 e. The van der Waals surface area contributed by atoms with Gasteiger partial charge in [0.25, 0.3) is 5.91 Å². The van der Waals surface area contributed by atoms with Crippen molar-refractivity contribution in [2.75, 3.05) is 0 Å². The van der Waals surface area contributed by atoms with Crippen LogP contribution in [0, 0.1) is 0 Å². The van der Waals surface area contributed by atoms with Crippen LogP contribution in [0.25, 0.3) is 0 Å². The first-order chi connectivity index (χ1) is 8.66. The molecule has 0 spiro atoms. The van der Waals surface area contributed by atoms with Crippen LogP contribution in [0.15, 0.2) is 53.3 Å². The molecule has 1 heterocycles. The molecule has 1 amide bonds. The molecule has 1 aromatic carbocycles. The molecule has 0 saturated carbocycles. The third-order valence-electron chi connectivity index (χ3n) is 2.62. The lowest BCUT2D eigenvalue weighted by Crippen LogP contribution is -2.26. The predicted molar refractivity (Wildman–Crippen MR) is 74.3 cm³/mol. The Balaban J connectivity index is 2.08. The average Bonchev–Trinajstić information content (AvgIpc) is 2.39. The number of nitrogens with one attached hydrogen (secondary N) is 1. The molecule has 0 fully saturated rings. The van der Waals surface area contributed by atoms with Crippen molar-refractivity contribution in [3.8, 4) is 0 Å². The maximum atomic E-state index is 12.0. The van der Waals surface area contributed by atoms with Crippen molar-refractivity contribution in [2.24, 2.45) is 0 Å². The number of amides is 1. The number of carbonyl (C=O) groups is 1. The first-order valence-electron chi connectivity index (χ1n) is 5.63. The molecule has 0 aliphatic carbocycles. The van der Waals surface area contributed by atoms with Crippen molar-refractivity contribution in [2.45, 2.75) is 13.0 Å². The molecule has 1 aromatic heterocycles. The average molecular weight is 305 g/mol. The van der Waals surface area contributed by atoms with Crippen molar-refractivity contribution in [3.05, 3.63) is 64.4 Å². The molecular weight excluding hydrogens is 292 g/mol. The summed E-state index contributed by atoms with van der Waals surface area (Å²) in [5.74, 6) is -0.0901. The zero-order chi connectivity index (χ0) is 13.0. The summed E-state index contributed by atoms with van der Waals surface area (Å²) in [5, 5.41) is 2.94. The SMILES string of the molecule is CC(NC(=O)c1cccc(Br)c1)c1cccnc1. The van der Waals surface area contributed by atoms with Gasteiger partial charge in [-0.05, 0) is 36.8 Å². The van der Waals surface area contributed by atoms with Gasteiger partial charge in [0.05, 0.1) is 6.04 Å². The molecule has 4 heteroatoms. The fourth-order valence-electron chi connectivity index (χ4n) is 1.63. The highest BCUT2D eigenvalue weighted by atomic mass is 79.9. The molecule has 2 rings (SSSR count). The van der Waals surface area contributed by atoms with Crippen LogP contribution in [0.1, 0.15) is 28.9 Å². The van der Waals surface area contributed by atoms with Crippen LogP contribution in [0.4, 0.5) is 0 Å². The minimum Gasteiger partial charge on any atom is -0.345 e. The normalized spacial score (nSPS) is 11.9. The first-order valence-corrected chi connectivity index (χ1v) is 6.42. The van der Waals surface area contributed by atoms with Gasteiger partial charge in [-0.15, -0.1) is 0 Å². The van der Waals surface area contributed by atoms with Crippen LogP contribution >= 0.6 is 15.9 Å². The number of carbonyl (C=O) groups excluding carboxylic acids is 1. The zero-order valence-electron chi connectivity index (χ0n) is 9.93. The van der Waals surface area contributed by atoms with Crippen LogP contribution in [0.3, 0.4) is 0 Å². The number of nitrogens with zero attached hydrogens (tertiary/aromatic N) is 1. The Kier molecular flexibility index (Phi) is 4.10. The number of pyridine rings is 1. The van der Waals surface area contributed by atoms with Crippen molar-refractivity contribution >= 4 is 21.8 Å². The molecule has 1 N–H and O–H groups in total. The largest absolute Gasteiger partial charge is 0.345 e. The lowest BCUT2D eigenvalue weighted by atomic mass is 10.1. The fraction of sp³-hybridized carbons (Fsp3) is 0.143. The van der Waals surface area contributed by atoms with Gasteiger partial charge in [0.15, 0.2) is 0 Å². The lowest BCUT2D eigenvalue weighted by Gasteiger charge is -2.13. The van der Waals surface area contributed by atoms with Gasteiger partial charge in [0.2, 0.25) is 0 Å². The van der Waals surface area contributed by atoms with Gasteiger partial charge < -0.3 is 5.32 Å². The van der Waals surface area contributed by atoms with Gasteiger partial charge in [0.1, 0.15) is 0 Å². The molecular formula is C14H13BrN2O. The maximum absolute atomic E-state index is 12.0. The van der Waals surface area contributed by atoms with E-state index >= 15 is 0 Å². The van der Waals surface area contributed by atoms with E-state index < -0.39 is 0 Å². The van der Waals surface area contributed by atoms with E-state index in [-0.39, 0.29) is 11.9 Å². The summed E-state index contributed by atoms with van der Waals surface area (Å²) in [6.45, 7) is 1.94. The Labute approximate surface area is 114 Å². The third-order valence-corrected chi connectivity index (χ3v) is 3.11. The van der Waals surface area contributed by atoms with Gasteiger partial charge in [-0.3, -0.25) is 9.78 Å². The summed E-state index contributed by atoms with van der Waals surface area (Å²) in [6, 6.07) is 11.1. The third kappa shape index (κ3) is 3.17. The highest BCUT2D eigenvalue weighted by molar-refractivity contribution is 9.10. The van der Waals surface area contributed by atoms with Gasteiger partial charge in [-0.2, -0.15) is 0 Å². The topological polar surface area (TPSA) is 42.0 Å². The van der Waals surface area contributed by atoms with E-state index in [4.69, 9.17) is 0 Å². The molecule has 0 aliphatic heterocycles. The highest BCUT2D eigenvalue weighted by Gasteiger charge is 2.11. The number of halogens is 1. The summed E-state index contributed by atoms with van der Waals surface area (Å²) in [7, 11) is 0. The second-order valence-electron chi connectivity index (χ2n) is 3.99. The van der Waals surface area contributed by atoms with Crippen molar-refractivity contribution in [3.63, 3.8) is 0 Å². The number of hydrogen-bond donors (Lipinski definition) is 1. The Morgan fingerprint density at radius 3 is 2.83 bits per heavy atom. The fourth-order valence-corrected chi connectivity index (χ4v) is 2.02. The minimum atomic E-state index is -0.0901. The summed E-state index contributed by atoms with van der Waals surface area (Å²) >= 11 is 3.35. The molecule has 0 aliphatic rings. The van der Waals surface area contributed by atoms with E-state index in [1.165, 1.54) is 0 Å². The van der Waals surface area contributed by atoms with Crippen molar-refractivity contribution in [1.82, 2.24) is 10.3 Å². The van der Waals surface area contributed by atoms with Crippen LogP contribution in [0.5, 0.6) is 0 Å². The molecule has 92 valence electrons. The smallest absolute Gasteiger partial charge is 0.251 e. The Morgan fingerprint density at radius 2 is 2.17 bits per heavy atom. The summed E-state index contributed by atoms with van der Waals surface area (Å²) in [6.07, 6.45) is 3.47. The number of aromatic nitrogens is 1. The molecule has 3 nitrogen and oxygen atoms in total. The summed E-state index contributed by atoms with van der Waals surface area (Å²) in [5.41, 5.74) is 1.63. The summed E-state index contributed by atoms with van der Waals surface area (Å²) < 4.78 is 0.893. The van der Waals surface area contributed by atoms with E-state index in [9.17, 15) is 4.79 Å². The van der Waals surface area contributed by atoms with E-state index in [0.29, 0.717) is 5.56 Å².